The maximum atomic E-state index is 12.5. The zero-order chi connectivity index (χ0) is 16.0. The Kier molecular flexibility index (Phi) is 3.23. The van der Waals surface area contributed by atoms with Crippen molar-refractivity contribution in [1.29, 1.82) is 0 Å². The first-order valence-corrected chi connectivity index (χ1v) is 8.19. The summed E-state index contributed by atoms with van der Waals surface area (Å²) in [5.74, 6) is 0.487. The molecular formula is C16H13N3O3S. The van der Waals surface area contributed by atoms with Crippen molar-refractivity contribution >= 4 is 26.6 Å². The fraction of sp³-hybridized carbons (Fsp3) is 0.250. The number of nitro groups is 1. The molecule has 0 N–H and O–H groups in total. The van der Waals surface area contributed by atoms with E-state index in [1.165, 1.54) is 6.07 Å². The number of hydrogen-bond acceptors (Lipinski definition) is 5. The van der Waals surface area contributed by atoms with Gasteiger partial charge in [0.15, 0.2) is 0 Å². The minimum absolute atomic E-state index is 0.0362. The highest BCUT2D eigenvalue weighted by Gasteiger charge is 2.26. The van der Waals surface area contributed by atoms with Crippen LogP contribution in [0, 0.1) is 16.0 Å². The number of thiophene rings is 1. The van der Waals surface area contributed by atoms with Crippen LogP contribution in [0.4, 0.5) is 5.00 Å². The summed E-state index contributed by atoms with van der Waals surface area (Å²) < 4.78 is 1.59. The van der Waals surface area contributed by atoms with Crippen molar-refractivity contribution < 1.29 is 4.92 Å². The monoisotopic (exact) mass is 327 g/mol. The number of hydrogen-bond donors (Lipinski definition) is 0. The van der Waals surface area contributed by atoms with Gasteiger partial charge < -0.3 is 0 Å². The molecule has 1 aliphatic rings. The van der Waals surface area contributed by atoms with Crippen LogP contribution < -0.4 is 5.69 Å². The van der Waals surface area contributed by atoms with Crippen molar-refractivity contribution in [3.05, 3.63) is 57.0 Å². The lowest BCUT2D eigenvalue weighted by Crippen LogP contribution is -2.24. The Bertz CT molecular complexity index is 958. The van der Waals surface area contributed by atoms with Gasteiger partial charge in [0.05, 0.1) is 10.6 Å². The zero-order valence-electron chi connectivity index (χ0n) is 12.1. The number of aromatic nitrogens is 2. The topological polar surface area (TPSA) is 78.0 Å². The van der Waals surface area contributed by atoms with Crippen LogP contribution in [0.2, 0.25) is 0 Å². The first-order chi connectivity index (χ1) is 11.1. The van der Waals surface area contributed by atoms with E-state index >= 15 is 0 Å². The normalized spacial score (nSPS) is 14.3. The van der Waals surface area contributed by atoms with Gasteiger partial charge in [0.1, 0.15) is 4.83 Å². The first-order valence-electron chi connectivity index (χ1n) is 7.37. The van der Waals surface area contributed by atoms with E-state index in [4.69, 9.17) is 0 Å². The Balaban J connectivity index is 2.00. The van der Waals surface area contributed by atoms with E-state index < -0.39 is 4.92 Å². The molecule has 3 aromatic rings. The molecule has 116 valence electrons. The van der Waals surface area contributed by atoms with Crippen molar-refractivity contribution in [2.24, 2.45) is 5.92 Å². The van der Waals surface area contributed by atoms with Gasteiger partial charge in [-0.15, -0.1) is 0 Å². The van der Waals surface area contributed by atoms with Crippen molar-refractivity contribution in [3.8, 4) is 11.3 Å². The quantitative estimate of drug-likeness (QED) is 0.543. The molecule has 1 saturated carbocycles. The third kappa shape index (κ3) is 2.53. The van der Waals surface area contributed by atoms with E-state index in [2.05, 4.69) is 4.98 Å². The van der Waals surface area contributed by atoms with Gasteiger partial charge in [-0.3, -0.25) is 14.7 Å². The molecule has 1 fully saturated rings. The van der Waals surface area contributed by atoms with Gasteiger partial charge in [0, 0.05) is 23.6 Å². The Morgan fingerprint density at radius 1 is 1.30 bits per heavy atom. The van der Waals surface area contributed by atoms with E-state index in [1.807, 2.05) is 30.3 Å². The second-order valence-corrected chi connectivity index (χ2v) is 6.73. The lowest BCUT2D eigenvalue weighted by atomic mass is 10.1. The molecule has 0 amide bonds. The number of nitrogens with zero attached hydrogens (tertiary/aromatic N) is 3. The highest BCUT2D eigenvalue weighted by Crippen LogP contribution is 2.37. The molecule has 23 heavy (non-hydrogen) atoms. The van der Waals surface area contributed by atoms with Gasteiger partial charge in [-0.05, 0) is 30.1 Å². The average Bonchev–Trinajstić information content (AvgIpc) is 3.26. The second kappa shape index (κ2) is 5.27. The van der Waals surface area contributed by atoms with Crippen LogP contribution in [0.15, 0.2) is 41.2 Å². The molecule has 0 unspecified atom stereocenters. The lowest BCUT2D eigenvalue weighted by Gasteiger charge is -2.08. The van der Waals surface area contributed by atoms with E-state index in [9.17, 15) is 14.9 Å². The predicted octanol–water partition coefficient (Wildman–Crippen LogP) is 3.44. The molecule has 2 aromatic heterocycles. The van der Waals surface area contributed by atoms with Crippen LogP contribution in [0.1, 0.15) is 12.8 Å². The van der Waals surface area contributed by atoms with Gasteiger partial charge in [0.2, 0.25) is 0 Å². The van der Waals surface area contributed by atoms with E-state index in [0.29, 0.717) is 28.4 Å². The van der Waals surface area contributed by atoms with E-state index in [1.54, 1.807) is 4.57 Å². The summed E-state index contributed by atoms with van der Waals surface area (Å²) in [5.41, 5.74) is 0.975. The molecule has 4 rings (SSSR count). The summed E-state index contributed by atoms with van der Waals surface area (Å²) in [7, 11) is 0. The van der Waals surface area contributed by atoms with Crippen molar-refractivity contribution in [2.45, 2.75) is 19.4 Å². The molecule has 0 radical (unpaired) electrons. The summed E-state index contributed by atoms with van der Waals surface area (Å²) in [6.45, 7) is 0.592. The van der Waals surface area contributed by atoms with E-state index in [0.717, 1.165) is 29.7 Å². The summed E-state index contributed by atoms with van der Waals surface area (Å²) in [5, 5.41) is 11.9. The molecule has 2 heterocycles. The average molecular weight is 327 g/mol. The Morgan fingerprint density at radius 3 is 2.70 bits per heavy atom. The van der Waals surface area contributed by atoms with Crippen molar-refractivity contribution in [1.82, 2.24) is 9.55 Å². The van der Waals surface area contributed by atoms with Crippen molar-refractivity contribution in [2.75, 3.05) is 0 Å². The summed E-state index contributed by atoms with van der Waals surface area (Å²) in [6.07, 6.45) is 2.20. The molecule has 0 aliphatic heterocycles. The number of benzene rings is 1. The predicted molar refractivity (Wildman–Crippen MR) is 88.7 cm³/mol. The molecule has 1 aromatic carbocycles. The maximum absolute atomic E-state index is 12.5. The summed E-state index contributed by atoms with van der Waals surface area (Å²) >= 11 is 1.05. The standard InChI is InChI=1S/C16H13N3O3S/c20-16-17-14(11-4-2-1-3-5-11)12-8-13(19(21)22)23-15(12)18(16)9-10-6-7-10/h1-5,8,10H,6-7,9H2. The Morgan fingerprint density at radius 2 is 2.04 bits per heavy atom. The molecule has 7 heteroatoms. The van der Waals surface area contributed by atoms with Crippen LogP contribution in [0.3, 0.4) is 0 Å². The van der Waals surface area contributed by atoms with Gasteiger partial charge in [-0.25, -0.2) is 4.79 Å². The largest absolute Gasteiger partial charge is 0.349 e. The lowest BCUT2D eigenvalue weighted by molar-refractivity contribution is -0.380. The smallest absolute Gasteiger partial charge is 0.283 e. The van der Waals surface area contributed by atoms with Crippen LogP contribution in [-0.4, -0.2) is 14.5 Å². The molecule has 0 atom stereocenters. The van der Waals surface area contributed by atoms with E-state index in [-0.39, 0.29) is 10.7 Å². The highest BCUT2D eigenvalue weighted by atomic mass is 32.1. The molecule has 0 spiro atoms. The minimum Gasteiger partial charge on any atom is -0.283 e. The Labute approximate surface area is 135 Å². The third-order valence-electron chi connectivity index (χ3n) is 4.00. The number of rotatable bonds is 4. The Hall–Kier alpha value is -2.54. The molecular weight excluding hydrogens is 314 g/mol. The fourth-order valence-corrected chi connectivity index (χ4v) is 3.65. The van der Waals surface area contributed by atoms with Gasteiger partial charge in [-0.2, -0.15) is 4.98 Å². The maximum Gasteiger partial charge on any atom is 0.349 e. The van der Waals surface area contributed by atoms with Crippen LogP contribution in [-0.2, 0) is 6.54 Å². The van der Waals surface area contributed by atoms with Crippen LogP contribution in [0.5, 0.6) is 0 Å². The fourth-order valence-electron chi connectivity index (χ4n) is 2.67. The summed E-state index contributed by atoms with van der Waals surface area (Å²) in [6, 6.07) is 10.8. The minimum atomic E-state index is -0.411. The SMILES string of the molecule is O=c1nc(-c2ccccc2)c2cc([N+](=O)[O-])sc2n1CC1CC1. The van der Waals surface area contributed by atoms with Gasteiger partial charge >= 0.3 is 10.7 Å². The van der Waals surface area contributed by atoms with Gasteiger partial charge in [0.25, 0.3) is 0 Å². The van der Waals surface area contributed by atoms with Crippen molar-refractivity contribution in [3.63, 3.8) is 0 Å². The first kappa shape index (κ1) is 14.1. The molecule has 6 nitrogen and oxygen atoms in total. The van der Waals surface area contributed by atoms with Gasteiger partial charge in [-0.1, -0.05) is 30.3 Å². The van der Waals surface area contributed by atoms with Crippen LogP contribution >= 0.6 is 11.3 Å². The second-order valence-electron chi connectivity index (χ2n) is 5.72. The zero-order valence-corrected chi connectivity index (χ0v) is 13.0. The highest BCUT2D eigenvalue weighted by molar-refractivity contribution is 7.21. The molecule has 0 bridgehead atoms. The third-order valence-corrected chi connectivity index (χ3v) is 5.11. The molecule has 1 aliphatic carbocycles. The number of fused-ring (bicyclic) bond motifs is 1. The summed E-state index contributed by atoms with van der Waals surface area (Å²) in [4.78, 5) is 28.1. The molecule has 0 saturated heterocycles. The van der Waals surface area contributed by atoms with Crippen LogP contribution in [0.25, 0.3) is 21.5 Å².